The molecular weight excluding hydrogens is 462 g/mol. The summed E-state index contributed by atoms with van der Waals surface area (Å²) in [5.41, 5.74) is 1.04. The van der Waals surface area contributed by atoms with Crippen molar-refractivity contribution < 1.29 is 28.6 Å². The van der Waals surface area contributed by atoms with E-state index in [0.717, 1.165) is 56.3 Å². The van der Waals surface area contributed by atoms with Gasteiger partial charge in [0, 0.05) is 18.0 Å². The summed E-state index contributed by atoms with van der Waals surface area (Å²) in [5.74, 6) is 0.449. The lowest BCUT2D eigenvalue weighted by molar-refractivity contribution is -0.141. The molecule has 0 spiro atoms. The van der Waals surface area contributed by atoms with Crippen LogP contribution in [0.5, 0.6) is 5.88 Å². The fourth-order valence-electron chi connectivity index (χ4n) is 5.42. The first-order valence-electron chi connectivity index (χ1n) is 13.1. The molecule has 2 fully saturated rings. The van der Waals surface area contributed by atoms with Gasteiger partial charge in [0.15, 0.2) is 0 Å². The van der Waals surface area contributed by atoms with Crippen molar-refractivity contribution >= 4 is 18.1 Å². The second-order valence-corrected chi connectivity index (χ2v) is 10.1. The van der Waals surface area contributed by atoms with Gasteiger partial charge in [0.1, 0.15) is 6.04 Å². The number of aromatic nitrogens is 1. The topological polar surface area (TPSA) is 107 Å². The van der Waals surface area contributed by atoms with E-state index in [2.05, 4.69) is 10.3 Å². The highest BCUT2D eigenvalue weighted by atomic mass is 16.6. The number of hydrogen-bond donors (Lipinski definition) is 1. The lowest BCUT2D eigenvalue weighted by Gasteiger charge is -2.36. The van der Waals surface area contributed by atoms with Gasteiger partial charge in [-0.25, -0.2) is 24.3 Å². The van der Waals surface area contributed by atoms with E-state index in [9.17, 15) is 14.4 Å². The van der Waals surface area contributed by atoms with E-state index in [1.54, 1.807) is 19.1 Å². The highest BCUT2D eigenvalue weighted by Gasteiger charge is 2.43. The Kier molecular flexibility index (Phi) is 8.83. The van der Waals surface area contributed by atoms with Gasteiger partial charge in [0.25, 0.3) is 0 Å². The largest absolute Gasteiger partial charge is 0.481 e. The maximum Gasteiger partial charge on any atom is 0.418 e. The Labute approximate surface area is 212 Å². The van der Waals surface area contributed by atoms with Gasteiger partial charge in [-0.1, -0.05) is 38.5 Å². The Morgan fingerprint density at radius 2 is 1.58 bits per heavy atom. The van der Waals surface area contributed by atoms with E-state index in [0.29, 0.717) is 29.7 Å². The number of esters is 1. The smallest absolute Gasteiger partial charge is 0.418 e. The molecule has 3 aliphatic rings. The first-order chi connectivity index (χ1) is 17.5. The number of urea groups is 1. The van der Waals surface area contributed by atoms with Gasteiger partial charge >= 0.3 is 18.1 Å². The Morgan fingerprint density at radius 1 is 0.972 bits per heavy atom. The summed E-state index contributed by atoms with van der Waals surface area (Å²) in [6.07, 6.45) is 11.7. The van der Waals surface area contributed by atoms with Crippen molar-refractivity contribution in [1.29, 1.82) is 0 Å². The lowest BCUT2D eigenvalue weighted by atomic mass is 9.90. The fraction of sp³-hybridized carbons (Fsp3) is 0.630. The van der Waals surface area contributed by atoms with Crippen LogP contribution in [0, 0.1) is 11.8 Å². The van der Waals surface area contributed by atoms with Crippen LogP contribution in [-0.2, 0) is 14.3 Å². The Hall–Kier alpha value is -3.10. The second kappa shape index (κ2) is 12.2. The molecule has 4 rings (SSSR count). The summed E-state index contributed by atoms with van der Waals surface area (Å²) in [7, 11) is 1.50. The van der Waals surface area contributed by atoms with Crippen molar-refractivity contribution in [2.45, 2.75) is 77.2 Å². The third kappa shape index (κ3) is 6.17. The van der Waals surface area contributed by atoms with E-state index >= 15 is 0 Å². The van der Waals surface area contributed by atoms with Crippen LogP contribution < -0.4 is 10.1 Å². The van der Waals surface area contributed by atoms with Gasteiger partial charge in [-0.3, -0.25) is 0 Å². The van der Waals surface area contributed by atoms with Gasteiger partial charge in [0.05, 0.1) is 25.9 Å². The Morgan fingerprint density at radius 3 is 2.14 bits per heavy atom. The van der Waals surface area contributed by atoms with Crippen LogP contribution in [0.4, 0.5) is 9.59 Å². The molecule has 1 N–H and O–H groups in total. The molecule has 0 bridgehead atoms. The summed E-state index contributed by atoms with van der Waals surface area (Å²) in [6.45, 7) is 2.22. The zero-order chi connectivity index (χ0) is 25.5. The third-order valence-corrected chi connectivity index (χ3v) is 7.49. The number of methoxy groups -OCH3 is 1. The standard InChI is InChI=1S/C27H37N3O6/c1-18-23(25(31)35-16-19-9-5-3-6-10-19)24(21-13-14-22(34-2)28-15-21)30(26(32)29-18)27(33)36-17-20-11-7-4-8-12-20/h13-15,19-20,24H,3-12,16-17H2,1-2H3,(H,29,32). The number of nitrogens with zero attached hydrogens (tertiary/aromatic N) is 2. The normalized spacial score (nSPS) is 21.7. The molecule has 36 heavy (non-hydrogen) atoms. The summed E-state index contributed by atoms with van der Waals surface area (Å²) >= 11 is 0. The van der Waals surface area contributed by atoms with Crippen LogP contribution in [0.25, 0.3) is 0 Å². The molecule has 196 valence electrons. The van der Waals surface area contributed by atoms with Crippen molar-refractivity contribution in [3.63, 3.8) is 0 Å². The molecule has 0 saturated heterocycles. The molecule has 1 aromatic rings. The highest BCUT2D eigenvalue weighted by Crippen LogP contribution is 2.36. The summed E-state index contributed by atoms with van der Waals surface area (Å²) in [4.78, 5) is 44.9. The number of imide groups is 1. The molecule has 1 aliphatic heterocycles. The van der Waals surface area contributed by atoms with Crippen LogP contribution in [-0.4, -0.2) is 48.3 Å². The summed E-state index contributed by atoms with van der Waals surface area (Å²) in [5, 5.41) is 2.66. The molecular formula is C27H37N3O6. The first-order valence-corrected chi connectivity index (χ1v) is 13.1. The summed E-state index contributed by atoms with van der Waals surface area (Å²) < 4.78 is 16.5. The predicted molar refractivity (Wildman–Crippen MR) is 132 cm³/mol. The molecule has 2 aliphatic carbocycles. The lowest BCUT2D eigenvalue weighted by Crippen LogP contribution is -2.51. The zero-order valence-corrected chi connectivity index (χ0v) is 21.3. The van der Waals surface area contributed by atoms with Gasteiger partial charge in [-0.2, -0.15) is 0 Å². The third-order valence-electron chi connectivity index (χ3n) is 7.49. The number of allylic oxidation sites excluding steroid dienone is 1. The van der Waals surface area contributed by atoms with E-state index in [1.165, 1.54) is 26.1 Å². The minimum Gasteiger partial charge on any atom is -0.481 e. The average molecular weight is 500 g/mol. The number of hydrogen-bond acceptors (Lipinski definition) is 7. The quantitative estimate of drug-likeness (QED) is 0.509. The summed E-state index contributed by atoms with van der Waals surface area (Å²) in [6, 6.07) is 1.66. The number of nitrogens with one attached hydrogen (secondary N) is 1. The Bertz CT molecular complexity index is 964. The minimum atomic E-state index is -1.02. The average Bonchev–Trinajstić information content (AvgIpc) is 2.91. The molecule has 2 saturated carbocycles. The predicted octanol–water partition coefficient (Wildman–Crippen LogP) is 5.27. The van der Waals surface area contributed by atoms with Crippen molar-refractivity contribution in [1.82, 2.24) is 15.2 Å². The number of carbonyl (C=O) groups is 3. The van der Waals surface area contributed by atoms with Crippen molar-refractivity contribution in [3.8, 4) is 5.88 Å². The fourth-order valence-corrected chi connectivity index (χ4v) is 5.42. The molecule has 9 nitrogen and oxygen atoms in total. The number of carbonyl (C=O) groups excluding carboxylic acids is 3. The van der Waals surface area contributed by atoms with Crippen LogP contribution in [0.1, 0.15) is 82.7 Å². The molecule has 2 heterocycles. The molecule has 0 radical (unpaired) electrons. The van der Waals surface area contributed by atoms with Crippen LogP contribution in [0.2, 0.25) is 0 Å². The molecule has 1 atom stereocenters. The van der Waals surface area contributed by atoms with E-state index < -0.39 is 24.1 Å². The van der Waals surface area contributed by atoms with E-state index in [-0.39, 0.29) is 18.1 Å². The first kappa shape index (κ1) is 26.0. The second-order valence-electron chi connectivity index (χ2n) is 10.1. The maximum absolute atomic E-state index is 13.4. The van der Waals surface area contributed by atoms with E-state index in [4.69, 9.17) is 14.2 Å². The van der Waals surface area contributed by atoms with Gasteiger partial charge in [0.2, 0.25) is 5.88 Å². The van der Waals surface area contributed by atoms with Crippen molar-refractivity contribution in [2.24, 2.45) is 11.8 Å². The van der Waals surface area contributed by atoms with Gasteiger partial charge in [-0.05, 0) is 56.1 Å². The van der Waals surface area contributed by atoms with Crippen LogP contribution >= 0.6 is 0 Å². The SMILES string of the molecule is COc1ccc(C2C(C(=O)OCC3CCCCC3)=C(C)NC(=O)N2C(=O)OCC2CCCCC2)cn1. The monoisotopic (exact) mass is 499 g/mol. The molecule has 9 heteroatoms. The van der Waals surface area contributed by atoms with Crippen LogP contribution in [0.15, 0.2) is 29.6 Å². The van der Waals surface area contributed by atoms with Gasteiger partial charge < -0.3 is 19.5 Å². The number of pyridine rings is 1. The number of ether oxygens (including phenoxy) is 3. The maximum atomic E-state index is 13.4. The molecule has 0 aromatic carbocycles. The molecule has 1 aromatic heterocycles. The zero-order valence-electron chi connectivity index (χ0n) is 21.3. The Balaban J connectivity index is 1.58. The van der Waals surface area contributed by atoms with E-state index in [1.807, 2.05) is 0 Å². The number of rotatable bonds is 7. The van der Waals surface area contributed by atoms with Gasteiger partial charge in [-0.15, -0.1) is 0 Å². The van der Waals surface area contributed by atoms with Crippen molar-refractivity contribution in [2.75, 3.05) is 20.3 Å². The van der Waals surface area contributed by atoms with Crippen LogP contribution in [0.3, 0.4) is 0 Å². The van der Waals surface area contributed by atoms with Crippen molar-refractivity contribution in [3.05, 3.63) is 35.2 Å². The highest BCUT2D eigenvalue weighted by molar-refractivity contribution is 6.00. The number of amides is 3. The minimum absolute atomic E-state index is 0.201. The molecule has 1 unspecified atom stereocenters. The molecule has 3 amide bonds.